The number of ether oxygens (including phenoxy) is 1. The van der Waals surface area contributed by atoms with E-state index in [1.165, 1.54) is 0 Å². The van der Waals surface area contributed by atoms with Crippen LogP contribution in [0.2, 0.25) is 0 Å². The quantitative estimate of drug-likeness (QED) is 0.618. The van der Waals surface area contributed by atoms with Crippen molar-refractivity contribution in [3.05, 3.63) is 30.5 Å². The fourth-order valence-corrected chi connectivity index (χ4v) is 4.69. The first-order chi connectivity index (χ1) is 15.9. The maximum absolute atomic E-state index is 13.5. The van der Waals surface area contributed by atoms with E-state index >= 15 is 0 Å². The van der Waals surface area contributed by atoms with Gasteiger partial charge in [-0.15, -0.1) is 0 Å². The number of carbonyl (C=O) groups excluding carboxylic acids is 1. The molecule has 4 heterocycles. The Balaban J connectivity index is 1.48. The molecule has 0 spiro atoms. The molecule has 1 saturated carbocycles. The molecule has 9 heteroatoms. The SMILES string of the molecule is CCn1c(-c2cnc(C)nc2)nc2c(N[C@H](C(=O)N3CC(C)OC(C)C3)C3CC3)ccnc21. The van der Waals surface area contributed by atoms with E-state index in [-0.39, 0.29) is 24.2 Å². The fraction of sp³-hybridized carbons (Fsp3) is 0.542. The molecule has 3 atom stereocenters. The number of nitrogens with one attached hydrogen (secondary N) is 1. The van der Waals surface area contributed by atoms with Gasteiger partial charge in [0.15, 0.2) is 5.65 Å². The maximum Gasteiger partial charge on any atom is 0.245 e. The van der Waals surface area contributed by atoms with Crippen molar-refractivity contribution in [3.8, 4) is 11.4 Å². The molecule has 0 bridgehead atoms. The number of carbonyl (C=O) groups is 1. The van der Waals surface area contributed by atoms with E-state index in [9.17, 15) is 4.79 Å². The first-order valence-corrected chi connectivity index (χ1v) is 11.8. The lowest BCUT2D eigenvalue weighted by Gasteiger charge is -2.37. The lowest BCUT2D eigenvalue weighted by atomic mass is 10.1. The molecule has 1 aliphatic carbocycles. The number of pyridine rings is 1. The van der Waals surface area contributed by atoms with Crippen molar-refractivity contribution in [2.75, 3.05) is 18.4 Å². The van der Waals surface area contributed by atoms with Crippen LogP contribution < -0.4 is 5.32 Å². The smallest absolute Gasteiger partial charge is 0.245 e. The van der Waals surface area contributed by atoms with Crippen molar-refractivity contribution >= 4 is 22.8 Å². The summed E-state index contributed by atoms with van der Waals surface area (Å²) in [5, 5.41) is 3.56. The van der Waals surface area contributed by atoms with Crippen LogP contribution in [0.1, 0.15) is 39.4 Å². The van der Waals surface area contributed by atoms with Gasteiger partial charge in [0.2, 0.25) is 5.91 Å². The number of amides is 1. The van der Waals surface area contributed by atoms with Gasteiger partial charge >= 0.3 is 0 Å². The highest BCUT2D eigenvalue weighted by Crippen LogP contribution is 2.37. The third kappa shape index (κ3) is 4.29. The predicted molar refractivity (Wildman–Crippen MR) is 126 cm³/mol. The Morgan fingerprint density at radius 3 is 2.52 bits per heavy atom. The van der Waals surface area contributed by atoms with Crippen molar-refractivity contribution in [1.29, 1.82) is 0 Å². The molecule has 1 saturated heterocycles. The van der Waals surface area contributed by atoms with Crippen LogP contribution in [0.25, 0.3) is 22.6 Å². The van der Waals surface area contributed by atoms with Gasteiger partial charge in [-0.25, -0.2) is 19.9 Å². The fourth-order valence-electron chi connectivity index (χ4n) is 4.69. The first-order valence-electron chi connectivity index (χ1n) is 11.8. The molecule has 9 nitrogen and oxygen atoms in total. The zero-order chi connectivity index (χ0) is 23.1. The first kappa shape index (κ1) is 21.8. The van der Waals surface area contributed by atoms with Crippen molar-refractivity contribution in [1.82, 2.24) is 29.4 Å². The second-order valence-corrected chi connectivity index (χ2v) is 9.19. The zero-order valence-electron chi connectivity index (χ0n) is 19.7. The van der Waals surface area contributed by atoms with Gasteiger partial charge in [-0.1, -0.05) is 0 Å². The van der Waals surface area contributed by atoms with E-state index in [1.54, 1.807) is 18.6 Å². The van der Waals surface area contributed by atoms with Gasteiger partial charge in [-0.3, -0.25) is 4.79 Å². The Morgan fingerprint density at radius 1 is 1.18 bits per heavy atom. The van der Waals surface area contributed by atoms with Crippen LogP contribution in [-0.4, -0.2) is 66.6 Å². The number of hydrogen-bond donors (Lipinski definition) is 1. The summed E-state index contributed by atoms with van der Waals surface area (Å²) < 4.78 is 7.89. The highest BCUT2D eigenvalue weighted by Gasteiger charge is 2.40. The molecular weight excluding hydrogens is 418 g/mol. The normalized spacial score (nSPS) is 21.9. The van der Waals surface area contributed by atoms with E-state index < -0.39 is 0 Å². The number of fused-ring (bicyclic) bond motifs is 1. The van der Waals surface area contributed by atoms with Crippen molar-refractivity contribution in [2.45, 2.75) is 65.3 Å². The number of imidazole rings is 1. The van der Waals surface area contributed by atoms with Crippen LogP contribution in [0, 0.1) is 12.8 Å². The third-order valence-electron chi connectivity index (χ3n) is 6.39. The zero-order valence-corrected chi connectivity index (χ0v) is 19.7. The predicted octanol–water partition coefficient (Wildman–Crippen LogP) is 3.04. The summed E-state index contributed by atoms with van der Waals surface area (Å²) in [6, 6.07) is 1.64. The monoisotopic (exact) mass is 449 g/mol. The molecule has 33 heavy (non-hydrogen) atoms. The van der Waals surface area contributed by atoms with Gasteiger partial charge in [0.1, 0.15) is 23.2 Å². The van der Waals surface area contributed by atoms with E-state index in [1.807, 2.05) is 31.7 Å². The second-order valence-electron chi connectivity index (χ2n) is 9.19. The number of hydrogen-bond acceptors (Lipinski definition) is 7. The topological polar surface area (TPSA) is 98.1 Å². The van der Waals surface area contributed by atoms with Crippen molar-refractivity contribution in [3.63, 3.8) is 0 Å². The minimum atomic E-state index is -0.272. The van der Waals surface area contributed by atoms with Crippen molar-refractivity contribution < 1.29 is 9.53 Å². The summed E-state index contributed by atoms with van der Waals surface area (Å²) in [7, 11) is 0. The van der Waals surface area contributed by atoms with Crippen LogP contribution in [0.4, 0.5) is 5.69 Å². The van der Waals surface area contributed by atoms with Crippen LogP contribution in [0.5, 0.6) is 0 Å². The molecule has 2 fully saturated rings. The summed E-state index contributed by atoms with van der Waals surface area (Å²) in [4.78, 5) is 33.7. The Bertz CT molecular complexity index is 1150. The Morgan fingerprint density at radius 2 is 1.88 bits per heavy atom. The van der Waals surface area contributed by atoms with Gasteiger partial charge in [0.05, 0.1) is 23.5 Å². The average Bonchev–Trinajstić information content (AvgIpc) is 3.56. The molecule has 2 aliphatic rings. The molecule has 1 aliphatic heterocycles. The van der Waals surface area contributed by atoms with Gasteiger partial charge in [-0.05, 0) is 52.5 Å². The van der Waals surface area contributed by atoms with Crippen LogP contribution in [0.15, 0.2) is 24.7 Å². The van der Waals surface area contributed by atoms with Gasteiger partial charge in [-0.2, -0.15) is 0 Å². The van der Waals surface area contributed by atoms with E-state index in [0.717, 1.165) is 46.9 Å². The van der Waals surface area contributed by atoms with E-state index in [2.05, 4.69) is 31.8 Å². The number of anilines is 1. The van der Waals surface area contributed by atoms with Crippen LogP contribution >= 0.6 is 0 Å². The van der Waals surface area contributed by atoms with Gasteiger partial charge in [0, 0.05) is 38.2 Å². The number of morpholine rings is 1. The van der Waals surface area contributed by atoms with Crippen molar-refractivity contribution in [2.24, 2.45) is 5.92 Å². The molecule has 174 valence electrons. The number of aryl methyl sites for hydroxylation is 2. The minimum Gasteiger partial charge on any atom is -0.372 e. The molecule has 2 unspecified atom stereocenters. The summed E-state index contributed by atoms with van der Waals surface area (Å²) >= 11 is 0. The minimum absolute atomic E-state index is 0.0460. The molecule has 5 rings (SSSR count). The lowest BCUT2D eigenvalue weighted by molar-refractivity contribution is -0.144. The third-order valence-corrected chi connectivity index (χ3v) is 6.39. The second kappa shape index (κ2) is 8.70. The average molecular weight is 450 g/mol. The Labute approximate surface area is 193 Å². The van der Waals surface area contributed by atoms with Gasteiger partial charge < -0.3 is 19.5 Å². The van der Waals surface area contributed by atoms with E-state index in [0.29, 0.717) is 25.6 Å². The molecular formula is C24H31N7O2. The highest BCUT2D eigenvalue weighted by atomic mass is 16.5. The summed E-state index contributed by atoms with van der Waals surface area (Å²) in [5.74, 6) is 1.98. The molecule has 3 aromatic rings. The molecule has 0 radical (unpaired) electrons. The summed E-state index contributed by atoms with van der Waals surface area (Å²) in [6.07, 6.45) is 7.57. The summed E-state index contributed by atoms with van der Waals surface area (Å²) in [6.45, 7) is 9.94. The number of nitrogens with zero attached hydrogens (tertiary/aromatic N) is 6. The standard InChI is InChI=1S/C24H31N7O2/c1-5-31-22(18-10-26-16(4)27-11-18)29-21-19(8-9-25-23(21)31)28-20(17-6-7-17)24(32)30-12-14(2)33-15(3)13-30/h8-11,14-15,17,20H,5-7,12-13H2,1-4H3,(H,25,28)/t14?,15?,20-/m0/s1. The number of rotatable bonds is 6. The largest absolute Gasteiger partial charge is 0.372 e. The number of aromatic nitrogens is 5. The lowest BCUT2D eigenvalue weighted by Crippen LogP contribution is -2.53. The molecule has 3 aromatic heterocycles. The summed E-state index contributed by atoms with van der Waals surface area (Å²) in [5.41, 5.74) is 3.23. The van der Waals surface area contributed by atoms with Gasteiger partial charge in [0.25, 0.3) is 0 Å². The van der Waals surface area contributed by atoms with E-state index in [4.69, 9.17) is 9.72 Å². The Kier molecular flexibility index (Phi) is 5.74. The van der Waals surface area contributed by atoms with Crippen LogP contribution in [-0.2, 0) is 16.1 Å². The molecule has 0 aromatic carbocycles. The Hall–Kier alpha value is -3.07. The molecule has 1 N–H and O–H groups in total. The maximum atomic E-state index is 13.5. The molecule has 1 amide bonds. The van der Waals surface area contributed by atoms with Crippen LogP contribution in [0.3, 0.4) is 0 Å². The highest BCUT2D eigenvalue weighted by molar-refractivity contribution is 5.92.